The highest BCUT2D eigenvalue weighted by molar-refractivity contribution is 5.39. The van der Waals surface area contributed by atoms with Gasteiger partial charge in [0, 0.05) is 12.6 Å². The second-order valence-corrected chi connectivity index (χ2v) is 5.51. The summed E-state index contributed by atoms with van der Waals surface area (Å²) in [6, 6.07) is 3.15. The van der Waals surface area contributed by atoms with Crippen LogP contribution in [0.25, 0.3) is 0 Å². The monoisotopic (exact) mass is 263 g/mol. The summed E-state index contributed by atoms with van der Waals surface area (Å²) < 4.78 is 0. The lowest BCUT2D eigenvalue weighted by atomic mass is 9.81. The van der Waals surface area contributed by atoms with E-state index in [1.54, 1.807) is 6.07 Å². The fourth-order valence-electron chi connectivity index (χ4n) is 2.82. The van der Waals surface area contributed by atoms with Gasteiger partial charge in [0.1, 0.15) is 12.0 Å². The third kappa shape index (κ3) is 4.19. The zero-order valence-electron chi connectivity index (χ0n) is 11.3. The second kappa shape index (κ2) is 6.50. The van der Waals surface area contributed by atoms with Crippen molar-refractivity contribution >= 4 is 11.5 Å². The average molecular weight is 263 g/mol. The number of nitrogens with one attached hydrogen (secondary N) is 1. The molecule has 1 heterocycles. The molecule has 0 bridgehead atoms. The van der Waals surface area contributed by atoms with Crippen LogP contribution in [-0.4, -0.2) is 16.5 Å². The summed E-state index contributed by atoms with van der Waals surface area (Å²) in [6.45, 7) is 3.22. The molecule has 5 heteroatoms. The fourth-order valence-corrected chi connectivity index (χ4v) is 2.82. The molecule has 0 amide bonds. The van der Waals surface area contributed by atoms with Gasteiger partial charge in [0.15, 0.2) is 0 Å². The Balaban J connectivity index is 1.74. The van der Waals surface area contributed by atoms with Crippen molar-refractivity contribution in [1.82, 2.24) is 4.98 Å². The van der Waals surface area contributed by atoms with Crippen molar-refractivity contribution in [3.05, 3.63) is 28.4 Å². The molecule has 0 radical (unpaired) electrons. The Bertz CT molecular complexity index is 419. The van der Waals surface area contributed by atoms with Gasteiger partial charge in [0.2, 0.25) is 0 Å². The Morgan fingerprint density at radius 1 is 1.47 bits per heavy atom. The number of nitrogens with zero attached hydrogens (tertiary/aromatic N) is 2. The normalized spacial score (nSPS) is 23.0. The molecule has 2 rings (SSSR count). The van der Waals surface area contributed by atoms with Gasteiger partial charge in [0.05, 0.1) is 4.92 Å². The molecule has 1 aromatic heterocycles. The smallest absolute Gasteiger partial charge is 0.287 e. The first-order valence-corrected chi connectivity index (χ1v) is 6.99. The highest BCUT2D eigenvalue weighted by Gasteiger charge is 2.18. The SMILES string of the molecule is CC1CCCC(CCNc2ccc([N+](=O)[O-])cn2)C1. The van der Waals surface area contributed by atoms with Crippen molar-refractivity contribution in [3.63, 3.8) is 0 Å². The maximum Gasteiger partial charge on any atom is 0.287 e. The molecular weight excluding hydrogens is 242 g/mol. The first kappa shape index (κ1) is 13.8. The summed E-state index contributed by atoms with van der Waals surface area (Å²) in [6.07, 6.45) is 7.83. The van der Waals surface area contributed by atoms with Gasteiger partial charge in [-0.15, -0.1) is 0 Å². The number of nitro groups is 1. The molecule has 19 heavy (non-hydrogen) atoms. The third-order valence-corrected chi connectivity index (χ3v) is 3.86. The van der Waals surface area contributed by atoms with Crippen LogP contribution in [0.4, 0.5) is 11.5 Å². The first-order valence-electron chi connectivity index (χ1n) is 6.99. The molecule has 1 aliphatic rings. The van der Waals surface area contributed by atoms with Crippen molar-refractivity contribution < 1.29 is 4.92 Å². The van der Waals surface area contributed by atoms with E-state index in [0.717, 1.165) is 30.6 Å². The summed E-state index contributed by atoms with van der Waals surface area (Å²) >= 11 is 0. The van der Waals surface area contributed by atoms with Gasteiger partial charge in [-0.3, -0.25) is 10.1 Å². The average Bonchev–Trinajstić information content (AvgIpc) is 2.39. The van der Waals surface area contributed by atoms with Crippen LogP contribution in [-0.2, 0) is 0 Å². The van der Waals surface area contributed by atoms with Crippen LogP contribution < -0.4 is 5.32 Å². The topological polar surface area (TPSA) is 68.1 Å². The van der Waals surface area contributed by atoms with E-state index in [1.165, 1.54) is 37.9 Å². The lowest BCUT2D eigenvalue weighted by molar-refractivity contribution is -0.385. The fraction of sp³-hybridized carbons (Fsp3) is 0.643. The predicted octanol–water partition coefficient (Wildman–Crippen LogP) is 3.62. The minimum atomic E-state index is -0.430. The van der Waals surface area contributed by atoms with Gasteiger partial charge >= 0.3 is 0 Å². The van der Waals surface area contributed by atoms with E-state index in [2.05, 4.69) is 17.2 Å². The van der Waals surface area contributed by atoms with Gasteiger partial charge in [-0.25, -0.2) is 4.98 Å². The van der Waals surface area contributed by atoms with Crippen LogP contribution in [0, 0.1) is 22.0 Å². The van der Waals surface area contributed by atoms with Crippen LogP contribution in [0.2, 0.25) is 0 Å². The molecule has 104 valence electrons. The van der Waals surface area contributed by atoms with E-state index in [9.17, 15) is 10.1 Å². The zero-order chi connectivity index (χ0) is 13.7. The minimum absolute atomic E-state index is 0.0339. The summed E-state index contributed by atoms with van der Waals surface area (Å²) in [4.78, 5) is 14.1. The molecule has 2 unspecified atom stereocenters. The molecule has 1 N–H and O–H groups in total. The number of hydrogen-bond acceptors (Lipinski definition) is 4. The molecule has 0 aliphatic heterocycles. The lowest BCUT2D eigenvalue weighted by Crippen LogP contribution is -2.16. The number of aromatic nitrogens is 1. The number of pyridine rings is 1. The van der Waals surface area contributed by atoms with Gasteiger partial charge in [0.25, 0.3) is 5.69 Å². The standard InChI is InChI=1S/C14H21N3O2/c1-11-3-2-4-12(9-11)7-8-15-14-6-5-13(10-16-14)17(18)19/h5-6,10-12H,2-4,7-9H2,1H3,(H,15,16). The summed E-state index contributed by atoms with van der Waals surface area (Å²) in [5.74, 6) is 2.39. The van der Waals surface area contributed by atoms with Gasteiger partial charge < -0.3 is 5.32 Å². The zero-order valence-corrected chi connectivity index (χ0v) is 11.3. The maximum atomic E-state index is 10.5. The molecule has 1 fully saturated rings. The van der Waals surface area contributed by atoms with Gasteiger partial charge in [-0.1, -0.05) is 26.2 Å². The van der Waals surface area contributed by atoms with Crippen molar-refractivity contribution in [2.24, 2.45) is 11.8 Å². The molecule has 0 saturated heterocycles. The van der Waals surface area contributed by atoms with Gasteiger partial charge in [-0.2, -0.15) is 0 Å². The summed E-state index contributed by atoms with van der Waals surface area (Å²) in [5.41, 5.74) is 0.0339. The van der Waals surface area contributed by atoms with E-state index in [1.807, 2.05) is 0 Å². The third-order valence-electron chi connectivity index (χ3n) is 3.86. The molecule has 1 saturated carbocycles. The van der Waals surface area contributed by atoms with Crippen LogP contribution in [0.1, 0.15) is 39.0 Å². The van der Waals surface area contributed by atoms with Crippen LogP contribution >= 0.6 is 0 Å². The summed E-state index contributed by atoms with van der Waals surface area (Å²) in [7, 11) is 0. The van der Waals surface area contributed by atoms with Crippen LogP contribution in [0.5, 0.6) is 0 Å². The highest BCUT2D eigenvalue weighted by atomic mass is 16.6. The van der Waals surface area contributed by atoms with Crippen molar-refractivity contribution in [3.8, 4) is 0 Å². The molecule has 1 aliphatic carbocycles. The van der Waals surface area contributed by atoms with E-state index in [4.69, 9.17) is 0 Å². The molecule has 0 aromatic carbocycles. The Hall–Kier alpha value is -1.65. The minimum Gasteiger partial charge on any atom is -0.370 e. The Kier molecular flexibility index (Phi) is 4.71. The number of anilines is 1. The van der Waals surface area contributed by atoms with Crippen molar-refractivity contribution in [2.75, 3.05) is 11.9 Å². The first-order chi connectivity index (χ1) is 9.15. The predicted molar refractivity (Wildman–Crippen MR) is 75.1 cm³/mol. The van der Waals surface area contributed by atoms with E-state index < -0.39 is 4.92 Å². The maximum absolute atomic E-state index is 10.5. The molecule has 2 atom stereocenters. The van der Waals surface area contributed by atoms with E-state index in [0.29, 0.717) is 0 Å². The quantitative estimate of drug-likeness (QED) is 0.650. The van der Waals surface area contributed by atoms with Crippen molar-refractivity contribution in [2.45, 2.75) is 39.0 Å². The lowest BCUT2D eigenvalue weighted by Gasteiger charge is -2.26. The number of rotatable bonds is 5. The highest BCUT2D eigenvalue weighted by Crippen LogP contribution is 2.30. The Morgan fingerprint density at radius 3 is 2.95 bits per heavy atom. The Labute approximate surface area is 113 Å². The molecular formula is C14H21N3O2. The molecule has 1 aromatic rings. The van der Waals surface area contributed by atoms with Crippen LogP contribution in [0.3, 0.4) is 0 Å². The summed E-state index contributed by atoms with van der Waals surface area (Å²) in [5, 5.41) is 13.7. The molecule has 0 spiro atoms. The Morgan fingerprint density at radius 2 is 2.32 bits per heavy atom. The van der Waals surface area contributed by atoms with E-state index in [-0.39, 0.29) is 5.69 Å². The van der Waals surface area contributed by atoms with Crippen molar-refractivity contribution in [1.29, 1.82) is 0 Å². The largest absolute Gasteiger partial charge is 0.370 e. The second-order valence-electron chi connectivity index (χ2n) is 5.51. The molecule has 5 nitrogen and oxygen atoms in total. The number of hydrogen-bond donors (Lipinski definition) is 1. The van der Waals surface area contributed by atoms with E-state index >= 15 is 0 Å². The van der Waals surface area contributed by atoms with Gasteiger partial charge in [-0.05, 0) is 30.7 Å². The van der Waals surface area contributed by atoms with Crippen LogP contribution in [0.15, 0.2) is 18.3 Å².